The highest BCUT2D eigenvalue weighted by Crippen LogP contribution is 2.27. The van der Waals surface area contributed by atoms with Crippen LogP contribution >= 0.6 is 0 Å². The summed E-state index contributed by atoms with van der Waals surface area (Å²) < 4.78 is 18.4. The average molecular weight is 354 g/mol. The van der Waals surface area contributed by atoms with E-state index in [0.717, 1.165) is 31.9 Å². The van der Waals surface area contributed by atoms with Crippen molar-refractivity contribution in [3.05, 3.63) is 70.3 Å². The molecule has 1 fully saturated rings. The van der Waals surface area contributed by atoms with Crippen LogP contribution in [0.1, 0.15) is 5.56 Å². The van der Waals surface area contributed by atoms with Crippen LogP contribution in [0.2, 0.25) is 0 Å². The normalized spacial score (nSPS) is 15.5. The summed E-state index contributed by atoms with van der Waals surface area (Å²) in [4.78, 5) is 16.5. The Morgan fingerprint density at radius 2 is 1.69 bits per heavy atom. The fourth-order valence-corrected chi connectivity index (χ4v) is 3.35. The van der Waals surface area contributed by atoms with E-state index in [9.17, 15) is 14.3 Å². The van der Waals surface area contributed by atoms with E-state index in [1.54, 1.807) is 36.4 Å². The van der Waals surface area contributed by atoms with Gasteiger partial charge in [0.2, 0.25) is 0 Å². The molecule has 0 saturated carbocycles. The maximum absolute atomic E-state index is 13.1. The summed E-state index contributed by atoms with van der Waals surface area (Å²) >= 11 is 0. The van der Waals surface area contributed by atoms with E-state index in [1.165, 1.54) is 12.1 Å². The number of piperazine rings is 1. The molecule has 0 aliphatic carbocycles. The molecule has 134 valence electrons. The van der Waals surface area contributed by atoms with Gasteiger partial charge in [0.15, 0.2) is 0 Å². The molecule has 0 bridgehead atoms. The maximum Gasteiger partial charge on any atom is 0.344 e. The van der Waals surface area contributed by atoms with Crippen LogP contribution in [0.25, 0.3) is 11.0 Å². The number of anilines is 1. The monoisotopic (exact) mass is 354 g/mol. The smallest absolute Gasteiger partial charge is 0.344 e. The van der Waals surface area contributed by atoms with Crippen LogP contribution in [0.5, 0.6) is 5.75 Å². The molecule has 2 heterocycles. The Bertz CT molecular complexity index is 977. The van der Waals surface area contributed by atoms with Crippen LogP contribution in [0.3, 0.4) is 0 Å². The second kappa shape index (κ2) is 6.80. The predicted octanol–water partition coefficient (Wildman–Crippen LogP) is 2.96. The molecule has 0 amide bonds. The molecule has 5 nitrogen and oxygen atoms in total. The number of rotatable bonds is 3. The molecule has 4 rings (SSSR count). The Hall–Kier alpha value is -2.86. The van der Waals surface area contributed by atoms with Gasteiger partial charge in [-0.1, -0.05) is 12.1 Å². The lowest BCUT2D eigenvalue weighted by Crippen LogP contribution is -2.46. The molecule has 0 spiro atoms. The topological polar surface area (TPSA) is 56.9 Å². The summed E-state index contributed by atoms with van der Waals surface area (Å²) in [6, 6.07) is 13.4. The van der Waals surface area contributed by atoms with Crippen LogP contribution in [0.4, 0.5) is 10.1 Å². The molecule has 0 radical (unpaired) electrons. The minimum atomic E-state index is -0.498. The van der Waals surface area contributed by atoms with E-state index in [0.29, 0.717) is 23.1 Å². The second-order valence-electron chi connectivity index (χ2n) is 6.45. The molecule has 1 saturated heterocycles. The molecule has 0 atom stereocenters. The zero-order valence-corrected chi connectivity index (χ0v) is 14.2. The second-order valence-corrected chi connectivity index (χ2v) is 6.45. The van der Waals surface area contributed by atoms with Crippen molar-refractivity contribution in [1.29, 1.82) is 0 Å². The van der Waals surface area contributed by atoms with Gasteiger partial charge in [-0.25, -0.2) is 9.18 Å². The van der Waals surface area contributed by atoms with Crippen molar-refractivity contribution in [2.24, 2.45) is 0 Å². The SMILES string of the molecule is O=c1oc2ccccc2c(O)c1CN1CCN(c2ccc(F)cc2)CC1. The highest BCUT2D eigenvalue weighted by Gasteiger charge is 2.21. The fraction of sp³-hybridized carbons (Fsp3) is 0.250. The van der Waals surface area contributed by atoms with E-state index in [4.69, 9.17) is 4.42 Å². The minimum absolute atomic E-state index is 0.00202. The van der Waals surface area contributed by atoms with Crippen LogP contribution in [-0.2, 0) is 6.54 Å². The van der Waals surface area contributed by atoms with Crippen molar-refractivity contribution in [3.63, 3.8) is 0 Å². The predicted molar refractivity (Wildman–Crippen MR) is 98.0 cm³/mol. The molecule has 3 aromatic rings. The van der Waals surface area contributed by atoms with Crippen LogP contribution in [-0.4, -0.2) is 36.2 Å². The van der Waals surface area contributed by atoms with Crippen LogP contribution in [0, 0.1) is 5.82 Å². The third kappa shape index (κ3) is 3.15. The Balaban J connectivity index is 1.49. The minimum Gasteiger partial charge on any atom is -0.507 e. The quantitative estimate of drug-likeness (QED) is 0.733. The summed E-state index contributed by atoms with van der Waals surface area (Å²) in [5.41, 5.74) is 1.17. The van der Waals surface area contributed by atoms with Gasteiger partial charge in [-0.05, 0) is 36.4 Å². The fourth-order valence-electron chi connectivity index (χ4n) is 3.35. The number of para-hydroxylation sites is 1. The first-order valence-corrected chi connectivity index (χ1v) is 8.58. The number of benzene rings is 2. The van der Waals surface area contributed by atoms with Gasteiger partial charge in [0, 0.05) is 38.4 Å². The maximum atomic E-state index is 13.1. The highest BCUT2D eigenvalue weighted by atomic mass is 19.1. The lowest BCUT2D eigenvalue weighted by molar-refractivity contribution is 0.243. The van der Waals surface area contributed by atoms with Crippen molar-refractivity contribution >= 4 is 16.7 Å². The van der Waals surface area contributed by atoms with Gasteiger partial charge in [0.05, 0.1) is 10.9 Å². The summed E-state index contributed by atoms with van der Waals surface area (Å²) in [6.07, 6.45) is 0. The molecule has 1 N–H and O–H groups in total. The number of hydrogen-bond donors (Lipinski definition) is 1. The van der Waals surface area contributed by atoms with Gasteiger partial charge in [-0.3, -0.25) is 4.90 Å². The first-order valence-electron chi connectivity index (χ1n) is 8.58. The van der Waals surface area contributed by atoms with Gasteiger partial charge >= 0.3 is 5.63 Å². The third-order valence-corrected chi connectivity index (χ3v) is 4.82. The summed E-state index contributed by atoms with van der Waals surface area (Å²) in [5.74, 6) is -0.247. The lowest BCUT2D eigenvalue weighted by Gasteiger charge is -2.36. The van der Waals surface area contributed by atoms with Gasteiger partial charge in [0.1, 0.15) is 17.1 Å². The molecule has 0 unspecified atom stereocenters. The highest BCUT2D eigenvalue weighted by molar-refractivity contribution is 5.83. The molecule has 1 aliphatic heterocycles. The summed E-state index contributed by atoms with van der Waals surface area (Å²) in [6.45, 7) is 3.36. The molecule has 6 heteroatoms. The number of nitrogens with zero attached hydrogens (tertiary/aromatic N) is 2. The zero-order chi connectivity index (χ0) is 18.1. The third-order valence-electron chi connectivity index (χ3n) is 4.82. The van der Waals surface area contributed by atoms with E-state index in [2.05, 4.69) is 9.80 Å². The van der Waals surface area contributed by atoms with Gasteiger partial charge in [0.25, 0.3) is 0 Å². The molecule has 1 aliphatic rings. The Morgan fingerprint density at radius 1 is 1.00 bits per heavy atom. The van der Waals surface area contributed by atoms with Crippen molar-refractivity contribution in [3.8, 4) is 5.75 Å². The molecule has 2 aromatic carbocycles. The first-order chi connectivity index (χ1) is 12.6. The van der Waals surface area contributed by atoms with Gasteiger partial charge in [-0.2, -0.15) is 0 Å². The van der Waals surface area contributed by atoms with Crippen molar-refractivity contribution < 1.29 is 13.9 Å². The Morgan fingerprint density at radius 3 is 2.42 bits per heavy atom. The molecule has 26 heavy (non-hydrogen) atoms. The van der Waals surface area contributed by atoms with E-state index in [1.807, 2.05) is 0 Å². The van der Waals surface area contributed by atoms with Crippen molar-refractivity contribution in [2.75, 3.05) is 31.1 Å². The largest absolute Gasteiger partial charge is 0.507 e. The number of fused-ring (bicyclic) bond motifs is 1. The number of halogens is 1. The van der Waals surface area contributed by atoms with Gasteiger partial charge < -0.3 is 14.4 Å². The van der Waals surface area contributed by atoms with Crippen LogP contribution < -0.4 is 10.5 Å². The molecular weight excluding hydrogens is 335 g/mol. The van der Waals surface area contributed by atoms with E-state index >= 15 is 0 Å². The van der Waals surface area contributed by atoms with Crippen LogP contribution in [0.15, 0.2) is 57.7 Å². The number of hydrogen-bond acceptors (Lipinski definition) is 5. The van der Waals surface area contributed by atoms with E-state index < -0.39 is 5.63 Å². The summed E-state index contributed by atoms with van der Waals surface area (Å²) in [7, 11) is 0. The average Bonchev–Trinajstić information content (AvgIpc) is 2.66. The van der Waals surface area contributed by atoms with E-state index in [-0.39, 0.29) is 11.6 Å². The van der Waals surface area contributed by atoms with Gasteiger partial charge in [-0.15, -0.1) is 0 Å². The summed E-state index contributed by atoms with van der Waals surface area (Å²) in [5, 5.41) is 11.0. The standard InChI is InChI=1S/C20H19FN2O3/c21-14-5-7-15(8-6-14)23-11-9-22(10-12-23)13-17-19(24)16-3-1-2-4-18(16)26-20(17)25/h1-8,24H,9-13H2. The number of aromatic hydroxyl groups is 1. The molecule has 1 aromatic heterocycles. The lowest BCUT2D eigenvalue weighted by atomic mass is 10.1. The van der Waals surface area contributed by atoms with Crippen molar-refractivity contribution in [1.82, 2.24) is 4.90 Å². The molecular formula is C20H19FN2O3. The first kappa shape index (κ1) is 16.6. The van der Waals surface area contributed by atoms with Crippen molar-refractivity contribution in [2.45, 2.75) is 6.54 Å². The Labute approximate surface area is 149 Å². The zero-order valence-electron chi connectivity index (χ0n) is 14.2. The Kier molecular flexibility index (Phi) is 4.34.